The average Bonchev–Trinajstić information content (AvgIpc) is 2.98. The molecule has 7 heteroatoms. The van der Waals surface area contributed by atoms with E-state index in [4.69, 9.17) is 23.2 Å². The quantitative estimate of drug-likeness (QED) is 0.684. The van der Waals surface area contributed by atoms with Gasteiger partial charge in [0.05, 0.1) is 11.6 Å². The van der Waals surface area contributed by atoms with Crippen molar-refractivity contribution in [1.29, 1.82) is 0 Å². The third-order valence-corrected chi connectivity index (χ3v) is 5.15. The number of nitrogens with zero attached hydrogens (tertiary/aromatic N) is 1. The molecule has 2 heterocycles. The van der Waals surface area contributed by atoms with Crippen LogP contribution in [0.5, 0.6) is 0 Å². The molecule has 4 nitrogen and oxygen atoms in total. The molecule has 0 saturated heterocycles. The number of aromatic nitrogens is 1. The Labute approximate surface area is 159 Å². The average molecular weight is 392 g/mol. The highest BCUT2D eigenvalue weighted by molar-refractivity contribution is 6.31. The van der Waals surface area contributed by atoms with Gasteiger partial charge in [-0.2, -0.15) is 0 Å². The Balaban J connectivity index is 1.47. The van der Waals surface area contributed by atoms with Crippen LogP contribution in [0.3, 0.4) is 0 Å². The van der Waals surface area contributed by atoms with Crippen molar-refractivity contribution >= 4 is 45.7 Å². The Bertz CT molecular complexity index is 985. The number of hydrogen-bond acceptors (Lipinski definition) is 2. The third kappa shape index (κ3) is 3.30. The maximum atomic E-state index is 14.4. The maximum absolute atomic E-state index is 14.4. The SMILES string of the molecule is O=C(CN1CCc2c([nH]c3ccc(Cl)c(F)c23)C1)Nc1ccc(Cl)cc1. The first-order chi connectivity index (χ1) is 12.5. The summed E-state index contributed by atoms with van der Waals surface area (Å²) in [7, 11) is 0. The van der Waals surface area contributed by atoms with Crippen molar-refractivity contribution in [3.8, 4) is 0 Å². The highest BCUT2D eigenvalue weighted by Crippen LogP contribution is 2.32. The first-order valence-electron chi connectivity index (χ1n) is 8.26. The molecule has 1 aliphatic heterocycles. The fourth-order valence-electron chi connectivity index (χ4n) is 3.39. The number of nitrogens with one attached hydrogen (secondary N) is 2. The molecule has 0 fully saturated rings. The molecule has 0 radical (unpaired) electrons. The van der Waals surface area contributed by atoms with Crippen LogP contribution in [-0.4, -0.2) is 28.9 Å². The molecule has 134 valence electrons. The van der Waals surface area contributed by atoms with Crippen LogP contribution >= 0.6 is 23.2 Å². The highest BCUT2D eigenvalue weighted by Gasteiger charge is 2.24. The molecular weight excluding hydrogens is 376 g/mol. The van der Waals surface area contributed by atoms with E-state index >= 15 is 0 Å². The van der Waals surface area contributed by atoms with Crippen molar-refractivity contribution in [2.45, 2.75) is 13.0 Å². The lowest BCUT2D eigenvalue weighted by atomic mass is 10.0. The van der Waals surface area contributed by atoms with Crippen molar-refractivity contribution in [3.63, 3.8) is 0 Å². The number of carbonyl (C=O) groups is 1. The van der Waals surface area contributed by atoms with Gasteiger partial charge in [-0.3, -0.25) is 9.69 Å². The lowest BCUT2D eigenvalue weighted by Crippen LogP contribution is -2.37. The summed E-state index contributed by atoms with van der Waals surface area (Å²) in [6.45, 7) is 1.51. The van der Waals surface area contributed by atoms with E-state index in [0.717, 1.165) is 16.8 Å². The fourth-order valence-corrected chi connectivity index (χ4v) is 3.68. The summed E-state index contributed by atoms with van der Waals surface area (Å²) in [6, 6.07) is 10.3. The van der Waals surface area contributed by atoms with Crippen molar-refractivity contribution in [2.24, 2.45) is 0 Å². The molecule has 0 atom stereocenters. The number of benzene rings is 2. The summed E-state index contributed by atoms with van der Waals surface area (Å²) in [5, 5.41) is 4.18. The molecule has 0 unspecified atom stereocenters. The summed E-state index contributed by atoms with van der Waals surface area (Å²) in [4.78, 5) is 17.6. The van der Waals surface area contributed by atoms with E-state index in [1.165, 1.54) is 0 Å². The normalized spacial score (nSPS) is 14.4. The molecule has 0 spiro atoms. The van der Waals surface area contributed by atoms with Crippen LogP contribution in [0, 0.1) is 5.82 Å². The van der Waals surface area contributed by atoms with Gasteiger partial charge in [0.1, 0.15) is 0 Å². The molecule has 0 bridgehead atoms. The number of hydrogen-bond donors (Lipinski definition) is 2. The monoisotopic (exact) mass is 391 g/mol. The van der Waals surface area contributed by atoms with E-state index < -0.39 is 0 Å². The van der Waals surface area contributed by atoms with E-state index in [1.54, 1.807) is 36.4 Å². The second-order valence-corrected chi connectivity index (χ2v) is 7.23. The lowest BCUT2D eigenvalue weighted by molar-refractivity contribution is -0.117. The van der Waals surface area contributed by atoms with Gasteiger partial charge in [0.25, 0.3) is 0 Å². The van der Waals surface area contributed by atoms with Gasteiger partial charge in [0, 0.05) is 40.4 Å². The van der Waals surface area contributed by atoms with Crippen LogP contribution in [0.2, 0.25) is 10.0 Å². The minimum atomic E-state index is -0.379. The standard InChI is InChI=1S/C19H16Cl2FN3O/c20-11-1-3-12(4-2-11)23-17(26)10-25-8-7-13-16(9-25)24-15-6-5-14(21)19(22)18(13)15/h1-6,24H,7-10H2,(H,23,26). The zero-order valence-electron chi connectivity index (χ0n) is 13.8. The number of H-pyrrole nitrogens is 1. The second kappa shape index (κ2) is 6.91. The van der Waals surface area contributed by atoms with E-state index in [2.05, 4.69) is 10.3 Å². The lowest BCUT2D eigenvalue weighted by Gasteiger charge is -2.26. The molecule has 4 rings (SSSR count). The van der Waals surface area contributed by atoms with E-state index in [9.17, 15) is 9.18 Å². The Morgan fingerprint density at radius 3 is 2.73 bits per heavy atom. The van der Waals surface area contributed by atoms with Crippen LogP contribution < -0.4 is 5.32 Å². The number of amides is 1. The first-order valence-corrected chi connectivity index (χ1v) is 9.02. The van der Waals surface area contributed by atoms with Crippen LogP contribution in [0.15, 0.2) is 36.4 Å². The Morgan fingerprint density at radius 2 is 1.96 bits per heavy atom. The van der Waals surface area contributed by atoms with E-state index in [0.29, 0.717) is 35.6 Å². The molecule has 1 aliphatic rings. The maximum Gasteiger partial charge on any atom is 0.238 e. The Morgan fingerprint density at radius 1 is 1.19 bits per heavy atom. The molecule has 3 aromatic rings. The minimum Gasteiger partial charge on any atom is -0.357 e. The van der Waals surface area contributed by atoms with Crippen molar-refractivity contribution in [1.82, 2.24) is 9.88 Å². The summed E-state index contributed by atoms with van der Waals surface area (Å²) in [6.07, 6.45) is 0.667. The molecule has 1 aromatic heterocycles. The zero-order valence-corrected chi connectivity index (χ0v) is 15.3. The van der Waals surface area contributed by atoms with Gasteiger partial charge in [-0.25, -0.2) is 4.39 Å². The van der Waals surface area contributed by atoms with Crippen molar-refractivity contribution < 1.29 is 9.18 Å². The second-order valence-electron chi connectivity index (χ2n) is 6.38. The number of halogens is 3. The van der Waals surface area contributed by atoms with Gasteiger partial charge in [0.2, 0.25) is 5.91 Å². The molecule has 1 amide bonds. The van der Waals surface area contributed by atoms with E-state index in [-0.39, 0.29) is 23.3 Å². The van der Waals surface area contributed by atoms with E-state index in [1.807, 2.05) is 4.90 Å². The number of aromatic amines is 1. The minimum absolute atomic E-state index is 0.0962. The van der Waals surface area contributed by atoms with Gasteiger partial charge in [0.15, 0.2) is 5.82 Å². The molecular formula is C19H16Cl2FN3O. The first kappa shape index (κ1) is 17.3. The predicted molar refractivity (Wildman–Crippen MR) is 102 cm³/mol. The largest absolute Gasteiger partial charge is 0.357 e. The summed E-state index contributed by atoms with van der Waals surface area (Å²) >= 11 is 11.8. The Kier molecular flexibility index (Phi) is 4.61. The Hall–Kier alpha value is -2.08. The molecule has 26 heavy (non-hydrogen) atoms. The van der Waals surface area contributed by atoms with Gasteiger partial charge in [-0.05, 0) is 48.4 Å². The number of carbonyl (C=O) groups excluding carboxylic acids is 1. The van der Waals surface area contributed by atoms with Gasteiger partial charge < -0.3 is 10.3 Å². The predicted octanol–water partition coefficient (Wildman–Crippen LogP) is 4.61. The number of rotatable bonds is 3. The van der Waals surface area contributed by atoms with Crippen molar-refractivity contribution in [3.05, 3.63) is 63.5 Å². The third-order valence-electron chi connectivity index (χ3n) is 4.60. The summed E-state index contributed by atoms with van der Waals surface area (Å²) < 4.78 is 14.4. The topological polar surface area (TPSA) is 48.1 Å². The van der Waals surface area contributed by atoms with Crippen LogP contribution in [-0.2, 0) is 17.8 Å². The number of fused-ring (bicyclic) bond motifs is 3. The summed E-state index contributed by atoms with van der Waals surface area (Å²) in [5.41, 5.74) is 3.34. The molecule has 0 saturated carbocycles. The fraction of sp³-hybridized carbons (Fsp3) is 0.211. The van der Waals surface area contributed by atoms with Gasteiger partial charge in [-0.1, -0.05) is 23.2 Å². The van der Waals surface area contributed by atoms with Crippen LogP contribution in [0.1, 0.15) is 11.3 Å². The molecule has 0 aliphatic carbocycles. The zero-order chi connectivity index (χ0) is 18.3. The van der Waals surface area contributed by atoms with Gasteiger partial charge >= 0.3 is 0 Å². The molecule has 2 aromatic carbocycles. The van der Waals surface area contributed by atoms with Crippen LogP contribution in [0.25, 0.3) is 10.9 Å². The smallest absolute Gasteiger partial charge is 0.238 e. The van der Waals surface area contributed by atoms with Crippen molar-refractivity contribution in [2.75, 3.05) is 18.4 Å². The summed E-state index contributed by atoms with van der Waals surface area (Å²) in [5.74, 6) is -0.475. The van der Waals surface area contributed by atoms with Crippen LogP contribution in [0.4, 0.5) is 10.1 Å². The molecule has 2 N–H and O–H groups in total. The highest BCUT2D eigenvalue weighted by atomic mass is 35.5. The number of anilines is 1. The van der Waals surface area contributed by atoms with Gasteiger partial charge in [-0.15, -0.1) is 0 Å².